The monoisotopic (exact) mass is 239 g/mol. The lowest BCUT2D eigenvalue weighted by Gasteiger charge is -2.06. The molecule has 0 aromatic heterocycles. The molecule has 3 heteroatoms. The molecule has 0 aliphatic carbocycles. The van der Waals surface area contributed by atoms with Crippen molar-refractivity contribution < 1.29 is 4.79 Å². The molecule has 2 nitrogen and oxygen atoms in total. The van der Waals surface area contributed by atoms with Gasteiger partial charge < -0.3 is 5.32 Å². The standard InChI is InChI=1S/C10H10BrNO/c11-8-2-1-7-5-9(13)3-4-12-10(7)6-8/h1-2,6,12H,3-5H2. The van der Waals surface area contributed by atoms with Gasteiger partial charge in [-0.3, -0.25) is 4.79 Å². The number of halogens is 1. The number of fused-ring (bicyclic) bond motifs is 1. The summed E-state index contributed by atoms with van der Waals surface area (Å²) < 4.78 is 1.05. The van der Waals surface area contributed by atoms with Gasteiger partial charge in [0.2, 0.25) is 0 Å². The van der Waals surface area contributed by atoms with Crippen LogP contribution >= 0.6 is 15.9 Å². The third kappa shape index (κ3) is 1.91. The number of carbonyl (C=O) groups is 1. The van der Waals surface area contributed by atoms with E-state index in [2.05, 4.69) is 21.2 Å². The summed E-state index contributed by atoms with van der Waals surface area (Å²) in [4.78, 5) is 11.3. The second kappa shape index (κ2) is 3.50. The van der Waals surface area contributed by atoms with Gasteiger partial charge in [-0.2, -0.15) is 0 Å². The Bertz CT molecular complexity index is 349. The summed E-state index contributed by atoms with van der Waals surface area (Å²) in [5.74, 6) is 0.313. The van der Waals surface area contributed by atoms with E-state index in [-0.39, 0.29) is 0 Å². The van der Waals surface area contributed by atoms with Crippen LogP contribution in [-0.2, 0) is 11.2 Å². The minimum absolute atomic E-state index is 0.313. The summed E-state index contributed by atoms with van der Waals surface area (Å²) in [6.07, 6.45) is 1.20. The Morgan fingerprint density at radius 3 is 3.08 bits per heavy atom. The van der Waals surface area contributed by atoms with Crippen LogP contribution < -0.4 is 5.32 Å². The first kappa shape index (κ1) is 8.75. The number of hydrogen-bond acceptors (Lipinski definition) is 2. The molecule has 0 atom stereocenters. The van der Waals surface area contributed by atoms with Crippen molar-refractivity contribution in [2.24, 2.45) is 0 Å². The maximum Gasteiger partial charge on any atom is 0.139 e. The van der Waals surface area contributed by atoms with Crippen LogP contribution in [-0.4, -0.2) is 12.3 Å². The van der Waals surface area contributed by atoms with Gasteiger partial charge in [0.15, 0.2) is 0 Å². The SMILES string of the molecule is O=C1CCNc2cc(Br)ccc2C1. The summed E-state index contributed by atoms with van der Waals surface area (Å²) in [7, 11) is 0. The molecule has 1 aromatic rings. The van der Waals surface area contributed by atoms with Crippen LogP contribution in [0.15, 0.2) is 22.7 Å². The van der Waals surface area contributed by atoms with Gasteiger partial charge in [0.05, 0.1) is 0 Å². The Hall–Kier alpha value is -0.830. The van der Waals surface area contributed by atoms with Crippen molar-refractivity contribution in [1.29, 1.82) is 0 Å². The summed E-state index contributed by atoms with van der Waals surface area (Å²) in [5.41, 5.74) is 2.19. The van der Waals surface area contributed by atoms with Gasteiger partial charge in [0, 0.05) is 29.5 Å². The Morgan fingerprint density at radius 2 is 2.23 bits per heavy atom. The maximum atomic E-state index is 11.3. The molecule has 1 N–H and O–H groups in total. The van der Waals surface area contributed by atoms with Crippen molar-refractivity contribution in [1.82, 2.24) is 0 Å². The molecule has 0 spiro atoms. The van der Waals surface area contributed by atoms with E-state index < -0.39 is 0 Å². The topological polar surface area (TPSA) is 29.1 Å². The first-order valence-corrected chi connectivity index (χ1v) is 5.09. The molecular formula is C10H10BrNO. The predicted molar refractivity (Wildman–Crippen MR) is 56.0 cm³/mol. The molecule has 0 saturated carbocycles. The summed E-state index contributed by atoms with van der Waals surface area (Å²) in [5, 5.41) is 3.25. The predicted octanol–water partition coefficient (Wildman–Crippen LogP) is 2.38. The summed E-state index contributed by atoms with van der Waals surface area (Å²) in [6, 6.07) is 5.99. The molecule has 68 valence electrons. The summed E-state index contributed by atoms with van der Waals surface area (Å²) >= 11 is 3.41. The van der Waals surface area contributed by atoms with Crippen LogP contribution in [0.1, 0.15) is 12.0 Å². The zero-order valence-corrected chi connectivity index (χ0v) is 8.73. The summed E-state index contributed by atoms with van der Waals surface area (Å²) in [6.45, 7) is 0.752. The molecule has 13 heavy (non-hydrogen) atoms. The van der Waals surface area contributed by atoms with Crippen molar-refractivity contribution in [3.8, 4) is 0 Å². The molecule has 0 saturated heterocycles. The molecular weight excluding hydrogens is 230 g/mol. The molecule has 1 aliphatic heterocycles. The van der Waals surface area contributed by atoms with Crippen molar-refractivity contribution in [2.45, 2.75) is 12.8 Å². The highest BCUT2D eigenvalue weighted by Gasteiger charge is 2.12. The van der Waals surface area contributed by atoms with Gasteiger partial charge in [-0.1, -0.05) is 22.0 Å². The molecule has 0 amide bonds. The molecule has 1 aliphatic rings. The Labute approximate surface area is 85.5 Å². The third-order valence-electron chi connectivity index (χ3n) is 2.18. The second-order valence-electron chi connectivity index (χ2n) is 3.19. The molecule has 0 radical (unpaired) electrons. The van der Waals surface area contributed by atoms with Crippen LogP contribution in [0.4, 0.5) is 5.69 Å². The number of Topliss-reactive ketones (excluding diaryl/α,β-unsaturated/α-hetero) is 1. The van der Waals surface area contributed by atoms with Crippen LogP contribution in [0.2, 0.25) is 0 Å². The van der Waals surface area contributed by atoms with Gasteiger partial charge in [-0.15, -0.1) is 0 Å². The minimum atomic E-state index is 0.313. The number of benzene rings is 1. The fourth-order valence-corrected chi connectivity index (χ4v) is 1.87. The zero-order chi connectivity index (χ0) is 9.26. The number of carbonyl (C=O) groups excluding carboxylic acids is 1. The largest absolute Gasteiger partial charge is 0.384 e. The van der Waals surface area contributed by atoms with Gasteiger partial charge >= 0.3 is 0 Å². The number of nitrogens with one attached hydrogen (secondary N) is 1. The lowest BCUT2D eigenvalue weighted by molar-refractivity contribution is -0.118. The smallest absolute Gasteiger partial charge is 0.139 e. The Balaban J connectivity index is 2.40. The van der Waals surface area contributed by atoms with Crippen LogP contribution in [0.3, 0.4) is 0 Å². The maximum absolute atomic E-state index is 11.3. The van der Waals surface area contributed by atoms with E-state index in [1.54, 1.807) is 0 Å². The molecule has 0 fully saturated rings. The van der Waals surface area contributed by atoms with Gasteiger partial charge in [-0.25, -0.2) is 0 Å². The van der Waals surface area contributed by atoms with E-state index in [0.717, 1.165) is 22.3 Å². The minimum Gasteiger partial charge on any atom is -0.384 e. The average molecular weight is 240 g/mol. The molecule has 0 bridgehead atoms. The Kier molecular flexibility index (Phi) is 2.36. The molecule has 1 heterocycles. The van der Waals surface area contributed by atoms with E-state index in [0.29, 0.717) is 18.6 Å². The van der Waals surface area contributed by atoms with E-state index in [9.17, 15) is 4.79 Å². The van der Waals surface area contributed by atoms with Crippen LogP contribution in [0.5, 0.6) is 0 Å². The van der Waals surface area contributed by atoms with E-state index in [1.165, 1.54) is 0 Å². The number of rotatable bonds is 0. The molecule has 0 unspecified atom stereocenters. The van der Waals surface area contributed by atoms with Gasteiger partial charge in [0.25, 0.3) is 0 Å². The Morgan fingerprint density at radius 1 is 1.38 bits per heavy atom. The normalized spacial score (nSPS) is 15.9. The fraction of sp³-hybridized carbons (Fsp3) is 0.300. The van der Waals surface area contributed by atoms with Crippen molar-refractivity contribution >= 4 is 27.4 Å². The van der Waals surface area contributed by atoms with Crippen molar-refractivity contribution in [3.05, 3.63) is 28.2 Å². The number of anilines is 1. The number of hydrogen-bond donors (Lipinski definition) is 1. The number of ketones is 1. The van der Waals surface area contributed by atoms with E-state index in [4.69, 9.17) is 0 Å². The first-order chi connectivity index (χ1) is 6.25. The molecule has 1 aromatic carbocycles. The van der Waals surface area contributed by atoms with E-state index >= 15 is 0 Å². The highest BCUT2D eigenvalue weighted by atomic mass is 79.9. The van der Waals surface area contributed by atoms with Gasteiger partial charge in [-0.05, 0) is 17.7 Å². The quantitative estimate of drug-likeness (QED) is 0.754. The highest BCUT2D eigenvalue weighted by molar-refractivity contribution is 9.10. The van der Waals surface area contributed by atoms with Crippen molar-refractivity contribution in [2.75, 3.05) is 11.9 Å². The molecule has 2 rings (SSSR count). The van der Waals surface area contributed by atoms with Crippen LogP contribution in [0.25, 0.3) is 0 Å². The lowest BCUT2D eigenvalue weighted by atomic mass is 10.1. The first-order valence-electron chi connectivity index (χ1n) is 4.30. The van der Waals surface area contributed by atoms with Gasteiger partial charge in [0.1, 0.15) is 5.78 Å². The highest BCUT2D eigenvalue weighted by Crippen LogP contribution is 2.24. The van der Waals surface area contributed by atoms with Crippen molar-refractivity contribution in [3.63, 3.8) is 0 Å². The fourth-order valence-electron chi connectivity index (χ4n) is 1.50. The van der Waals surface area contributed by atoms with E-state index in [1.807, 2.05) is 18.2 Å². The average Bonchev–Trinajstić information content (AvgIpc) is 2.25. The lowest BCUT2D eigenvalue weighted by Crippen LogP contribution is -2.03. The zero-order valence-electron chi connectivity index (χ0n) is 7.14. The second-order valence-corrected chi connectivity index (χ2v) is 4.11. The van der Waals surface area contributed by atoms with Crippen LogP contribution in [0, 0.1) is 0 Å². The third-order valence-corrected chi connectivity index (χ3v) is 2.67.